The van der Waals surface area contributed by atoms with Gasteiger partial charge in [0.2, 0.25) is 0 Å². The Kier molecular flexibility index (Phi) is 10.3. The van der Waals surface area contributed by atoms with Crippen molar-refractivity contribution in [3.8, 4) is 44.5 Å². The van der Waals surface area contributed by atoms with Crippen LogP contribution in [0.1, 0.15) is 0 Å². The lowest BCUT2D eigenvalue weighted by Gasteiger charge is -2.28. The van der Waals surface area contributed by atoms with Gasteiger partial charge < -0.3 is 9.80 Å². The maximum Gasteiger partial charge on any atom is 0.0468 e. The highest BCUT2D eigenvalue weighted by atomic mass is 15.1. The van der Waals surface area contributed by atoms with E-state index in [-0.39, 0.29) is 0 Å². The minimum atomic E-state index is 1.09. The van der Waals surface area contributed by atoms with E-state index in [1.54, 1.807) is 0 Å². The van der Waals surface area contributed by atoms with Gasteiger partial charge in [0.15, 0.2) is 0 Å². The highest BCUT2D eigenvalue weighted by molar-refractivity contribution is 6.23. The molecule has 0 amide bonds. The molecule has 0 aromatic heterocycles. The van der Waals surface area contributed by atoms with Crippen LogP contribution in [0, 0.1) is 0 Å². The van der Waals surface area contributed by atoms with Gasteiger partial charge in [-0.3, -0.25) is 0 Å². The van der Waals surface area contributed by atoms with Crippen molar-refractivity contribution in [2.24, 2.45) is 0 Å². The van der Waals surface area contributed by atoms with Crippen LogP contribution in [0.25, 0.3) is 66.1 Å². The molecule has 0 N–H and O–H groups in total. The van der Waals surface area contributed by atoms with Gasteiger partial charge in [-0.25, -0.2) is 0 Å². The standard InChI is InChI=1S/C62H44N2/c1-7-21-45(22-8-1)47-25-19-27-49(41-47)61-57-39-37-56(64(53-33-15-5-16-34-53)54-35-17-6-18-36-54)44-60(57)62(50-28-20-26-48(42-50)46-23-9-2-10-24-46)58-40-38-55(43-59(58)61)63(51-29-11-3-12-30-51)52-31-13-4-14-32-52/h1-44H. The van der Waals surface area contributed by atoms with Crippen LogP contribution < -0.4 is 9.80 Å². The SMILES string of the molecule is c1ccc(-c2cccc(-c3c4ccc(N(c5ccccc5)c5ccccc5)cc4c(-c4cccc(-c5ccccc5)c4)c4ccc(N(c5ccccc5)c5ccccc5)cc34)c2)cc1. The molecular formula is C62H44N2. The van der Waals surface area contributed by atoms with E-state index >= 15 is 0 Å². The minimum absolute atomic E-state index is 1.09. The van der Waals surface area contributed by atoms with Crippen molar-refractivity contribution in [2.45, 2.75) is 0 Å². The van der Waals surface area contributed by atoms with Crippen LogP contribution in [0.5, 0.6) is 0 Å². The summed E-state index contributed by atoms with van der Waals surface area (Å²) in [5, 5.41) is 4.74. The van der Waals surface area contributed by atoms with Crippen molar-refractivity contribution >= 4 is 55.7 Å². The molecule has 0 atom stereocenters. The molecule has 11 aromatic rings. The third-order valence-electron chi connectivity index (χ3n) is 12.2. The van der Waals surface area contributed by atoms with E-state index in [1.807, 2.05) is 0 Å². The first-order valence-corrected chi connectivity index (χ1v) is 21.9. The molecule has 11 rings (SSSR count). The summed E-state index contributed by atoms with van der Waals surface area (Å²) in [5.74, 6) is 0. The number of benzene rings is 11. The summed E-state index contributed by atoms with van der Waals surface area (Å²) in [5.41, 5.74) is 16.1. The number of hydrogen-bond acceptors (Lipinski definition) is 2. The third kappa shape index (κ3) is 7.38. The summed E-state index contributed by atoms with van der Waals surface area (Å²) in [6, 6.07) is 96.5. The van der Waals surface area contributed by atoms with Crippen LogP contribution in [0.2, 0.25) is 0 Å². The molecule has 11 aromatic carbocycles. The van der Waals surface area contributed by atoms with Gasteiger partial charge in [-0.1, -0.05) is 182 Å². The van der Waals surface area contributed by atoms with Crippen LogP contribution in [-0.2, 0) is 0 Å². The number of nitrogens with zero attached hydrogens (tertiary/aromatic N) is 2. The molecule has 64 heavy (non-hydrogen) atoms. The summed E-state index contributed by atoms with van der Waals surface area (Å²) in [6.45, 7) is 0. The quantitative estimate of drug-likeness (QED) is 0.127. The second-order valence-electron chi connectivity index (χ2n) is 16.1. The van der Waals surface area contributed by atoms with E-state index in [2.05, 4.69) is 277 Å². The van der Waals surface area contributed by atoms with Crippen LogP contribution in [0.3, 0.4) is 0 Å². The zero-order chi connectivity index (χ0) is 42.7. The van der Waals surface area contributed by atoms with Crippen LogP contribution in [-0.4, -0.2) is 0 Å². The molecule has 302 valence electrons. The van der Waals surface area contributed by atoms with Gasteiger partial charge in [-0.2, -0.15) is 0 Å². The molecule has 0 aliphatic rings. The Morgan fingerprint density at radius 3 is 0.781 bits per heavy atom. The Bertz CT molecular complexity index is 3040. The van der Waals surface area contributed by atoms with E-state index in [4.69, 9.17) is 0 Å². The normalized spacial score (nSPS) is 11.1. The van der Waals surface area contributed by atoms with Gasteiger partial charge >= 0.3 is 0 Å². The molecule has 0 aliphatic heterocycles. The first-order chi connectivity index (χ1) is 31.8. The Morgan fingerprint density at radius 1 is 0.172 bits per heavy atom. The maximum atomic E-state index is 2.41. The molecule has 0 saturated heterocycles. The fourth-order valence-electron chi connectivity index (χ4n) is 9.28. The minimum Gasteiger partial charge on any atom is -0.310 e. The van der Waals surface area contributed by atoms with Crippen LogP contribution in [0.15, 0.2) is 267 Å². The number of fused-ring (bicyclic) bond motifs is 2. The highest BCUT2D eigenvalue weighted by Gasteiger charge is 2.22. The van der Waals surface area contributed by atoms with Crippen molar-refractivity contribution in [3.63, 3.8) is 0 Å². The van der Waals surface area contributed by atoms with Crippen molar-refractivity contribution in [2.75, 3.05) is 9.80 Å². The Morgan fingerprint density at radius 2 is 0.453 bits per heavy atom. The maximum absolute atomic E-state index is 2.41. The number of hydrogen-bond donors (Lipinski definition) is 0. The first kappa shape index (κ1) is 38.5. The number of para-hydroxylation sites is 4. The average Bonchev–Trinajstić information content (AvgIpc) is 3.38. The molecule has 0 saturated carbocycles. The van der Waals surface area contributed by atoms with Gasteiger partial charge in [0, 0.05) is 34.1 Å². The Balaban J connectivity index is 1.25. The summed E-state index contributed by atoms with van der Waals surface area (Å²) in [6.07, 6.45) is 0. The predicted molar refractivity (Wildman–Crippen MR) is 273 cm³/mol. The van der Waals surface area contributed by atoms with Gasteiger partial charge in [0.05, 0.1) is 0 Å². The number of rotatable bonds is 10. The zero-order valence-corrected chi connectivity index (χ0v) is 35.3. The van der Waals surface area contributed by atoms with Gasteiger partial charge in [0.1, 0.15) is 0 Å². The van der Waals surface area contributed by atoms with Crippen molar-refractivity contribution < 1.29 is 0 Å². The molecule has 2 nitrogen and oxygen atoms in total. The predicted octanol–water partition coefficient (Wildman–Crippen LogP) is 17.6. The van der Waals surface area contributed by atoms with Crippen LogP contribution >= 0.6 is 0 Å². The molecule has 0 unspecified atom stereocenters. The Labute approximate surface area is 375 Å². The zero-order valence-electron chi connectivity index (χ0n) is 35.3. The highest BCUT2D eigenvalue weighted by Crippen LogP contribution is 2.49. The lowest BCUT2D eigenvalue weighted by Crippen LogP contribution is -2.10. The summed E-state index contributed by atoms with van der Waals surface area (Å²) < 4.78 is 0. The fraction of sp³-hybridized carbons (Fsp3) is 0. The van der Waals surface area contributed by atoms with E-state index in [0.717, 1.165) is 34.1 Å². The summed E-state index contributed by atoms with van der Waals surface area (Å²) in [4.78, 5) is 4.73. The third-order valence-corrected chi connectivity index (χ3v) is 12.2. The molecular weight excluding hydrogens is 773 g/mol. The summed E-state index contributed by atoms with van der Waals surface area (Å²) >= 11 is 0. The van der Waals surface area contributed by atoms with Crippen LogP contribution in [0.4, 0.5) is 34.1 Å². The number of anilines is 6. The lowest BCUT2D eigenvalue weighted by atomic mass is 9.84. The van der Waals surface area contributed by atoms with E-state index < -0.39 is 0 Å². The molecule has 0 heterocycles. The molecule has 0 bridgehead atoms. The van der Waals surface area contributed by atoms with Crippen molar-refractivity contribution in [1.29, 1.82) is 0 Å². The smallest absolute Gasteiger partial charge is 0.0468 e. The Hall–Kier alpha value is -8.46. The van der Waals surface area contributed by atoms with Crippen molar-refractivity contribution in [3.05, 3.63) is 267 Å². The van der Waals surface area contributed by atoms with Crippen molar-refractivity contribution in [1.82, 2.24) is 0 Å². The molecule has 0 radical (unpaired) electrons. The van der Waals surface area contributed by atoms with E-state index in [1.165, 1.54) is 66.1 Å². The molecule has 0 spiro atoms. The monoisotopic (exact) mass is 816 g/mol. The topological polar surface area (TPSA) is 6.48 Å². The second-order valence-corrected chi connectivity index (χ2v) is 16.1. The summed E-state index contributed by atoms with van der Waals surface area (Å²) in [7, 11) is 0. The van der Waals surface area contributed by atoms with Gasteiger partial charge in [0.25, 0.3) is 0 Å². The molecule has 0 aliphatic carbocycles. The average molecular weight is 817 g/mol. The first-order valence-electron chi connectivity index (χ1n) is 21.9. The fourth-order valence-corrected chi connectivity index (χ4v) is 9.28. The van der Waals surface area contributed by atoms with Gasteiger partial charge in [-0.15, -0.1) is 0 Å². The molecule has 2 heteroatoms. The van der Waals surface area contributed by atoms with Gasteiger partial charge in [-0.05, 0) is 151 Å². The largest absolute Gasteiger partial charge is 0.310 e. The molecule has 0 fully saturated rings. The van der Waals surface area contributed by atoms with E-state index in [0.29, 0.717) is 0 Å². The van der Waals surface area contributed by atoms with E-state index in [9.17, 15) is 0 Å². The lowest BCUT2D eigenvalue weighted by molar-refractivity contribution is 1.29. The second kappa shape index (κ2) is 17.1.